The van der Waals surface area contributed by atoms with E-state index in [9.17, 15) is 4.79 Å². The molecule has 28 heavy (non-hydrogen) atoms. The first-order valence-corrected chi connectivity index (χ1v) is 10.7. The van der Waals surface area contributed by atoms with Gasteiger partial charge in [0.1, 0.15) is 11.4 Å². The van der Waals surface area contributed by atoms with Crippen molar-refractivity contribution in [1.82, 2.24) is 15.3 Å². The fourth-order valence-electron chi connectivity index (χ4n) is 2.96. The van der Waals surface area contributed by atoms with E-state index in [1.54, 1.807) is 17.7 Å². The van der Waals surface area contributed by atoms with Crippen molar-refractivity contribution in [1.29, 1.82) is 0 Å². The number of carbonyl (C=O) groups excluding carboxylic acids is 1. The number of H-pyrrole nitrogens is 1. The number of nitrogens with zero attached hydrogens (tertiary/aromatic N) is 1. The Morgan fingerprint density at radius 1 is 1.18 bits per heavy atom. The topological polar surface area (TPSA) is 67.0 Å². The Labute approximate surface area is 170 Å². The van der Waals surface area contributed by atoms with Crippen LogP contribution in [0.1, 0.15) is 48.7 Å². The molecule has 0 saturated carbocycles. The van der Waals surface area contributed by atoms with E-state index in [1.807, 2.05) is 35.7 Å². The van der Waals surface area contributed by atoms with E-state index in [-0.39, 0.29) is 5.91 Å². The van der Waals surface area contributed by atoms with Gasteiger partial charge in [-0.1, -0.05) is 32.3 Å². The lowest BCUT2D eigenvalue weighted by atomic mass is 10.2. The number of hydrogen-bond donors (Lipinski definition) is 2. The lowest BCUT2D eigenvalue weighted by Crippen LogP contribution is -2.25. The molecule has 1 aromatic carbocycles. The van der Waals surface area contributed by atoms with Gasteiger partial charge in [-0.25, -0.2) is 4.98 Å². The number of benzene rings is 1. The van der Waals surface area contributed by atoms with Crippen LogP contribution in [0.3, 0.4) is 0 Å². The van der Waals surface area contributed by atoms with Crippen molar-refractivity contribution in [2.75, 3.05) is 13.2 Å². The highest BCUT2D eigenvalue weighted by Crippen LogP contribution is 2.25. The van der Waals surface area contributed by atoms with Gasteiger partial charge in [-0.2, -0.15) is 0 Å². The number of hydrogen-bond acceptors (Lipinski definition) is 4. The van der Waals surface area contributed by atoms with Crippen molar-refractivity contribution in [2.24, 2.45) is 0 Å². The van der Waals surface area contributed by atoms with Crippen LogP contribution in [0.4, 0.5) is 0 Å². The summed E-state index contributed by atoms with van der Waals surface area (Å²) in [6.45, 7) is 3.47. The summed E-state index contributed by atoms with van der Waals surface area (Å²) in [6.07, 6.45) is 7.14. The Morgan fingerprint density at radius 3 is 2.79 bits per heavy atom. The highest BCUT2D eigenvalue weighted by atomic mass is 32.1. The Kier molecular flexibility index (Phi) is 7.67. The molecule has 0 aliphatic heterocycles. The zero-order chi connectivity index (χ0) is 19.6. The van der Waals surface area contributed by atoms with Gasteiger partial charge in [0.05, 0.1) is 17.8 Å². The molecule has 3 rings (SSSR count). The van der Waals surface area contributed by atoms with Crippen molar-refractivity contribution in [3.8, 4) is 16.3 Å². The van der Waals surface area contributed by atoms with Crippen molar-refractivity contribution in [2.45, 2.75) is 39.0 Å². The molecule has 1 amide bonds. The number of nitrogens with one attached hydrogen (secondary N) is 2. The van der Waals surface area contributed by atoms with Crippen LogP contribution in [-0.4, -0.2) is 29.0 Å². The zero-order valence-electron chi connectivity index (χ0n) is 16.2. The van der Waals surface area contributed by atoms with Crippen LogP contribution < -0.4 is 10.1 Å². The van der Waals surface area contributed by atoms with E-state index in [2.05, 4.69) is 28.3 Å². The van der Waals surface area contributed by atoms with Crippen LogP contribution in [0.5, 0.6) is 5.75 Å². The molecule has 0 aliphatic carbocycles. The molecule has 2 aromatic heterocycles. The first kappa shape index (κ1) is 20.1. The summed E-state index contributed by atoms with van der Waals surface area (Å²) in [6, 6.07) is 11.4. The first-order valence-electron chi connectivity index (χ1n) is 9.85. The summed E-state index contributed by atoms with van der Waals surface area (Å²) in [5.41, 5.74) is 2.64. The summed E-state index contributed by atoms with van der Waals surface area (Å²) in [5.74, 6) is 0.734. The first-order chi connectivity index (χ1) is 13.8. The third-order valence-corrected chi connectivity index (χ3v) is 5.39. The number of aromatic amines is 1. The zero-order valence-corrected chi connectivity index (χ0v) is 17.1. The fraction of sp³-hybridized carbons (Fsp3) is 0.364. The third-order valence-electron chi connectivity index (χ3n) is 4.52. The molecular formula is C22H27N3O2S. The Morgan fingerprint density at radius 2 is 2.04 bits per heavy atom. The number of ether oxygens (including phenoxy) is 1. The largest absolute Gasteiger partial charge is 0.494 e. The van der Waals surface area contributed by atoms with Gasteiger partial charge in [-0.05, 0) is 42.1 Å². The Balaban J connectivity index is 1.43. The monoisotopic (exact) mass is 397 g/mol. The minimum absolute atomic E-state index is 0.0771. The number of amides is 1. The fourth-order valence-corrected chi connectivity index (χ4v) is 3.71. The number of thiophene rings is 1. The molecule has 0 radical (unpaired) electrons. The van der Waals surface area contributed by atoms with E-state index >= 15 is 0 Å². The highest BCUT2D eigenvalue weighted by Gasteiger charge is 2.10. The van der Waals surface area contributed by atoms with E-state index < -0.39 is 0 Å². The van der Waals surface area contributed by atoms with E-state index in [1.165, 1.54) is 19.3 Å². The smallest absolute Gasteiger partial charge is 0.251 e. The molecule has 2 N–H and O–H groups in total. The van der Waals surface area contributed by atoms with Crippen LogP contribution in [0.15, 0.2) is 48.1 Å². The predicted octanol–water partition coefficient (Wildman–Crippen LogP) is 5.07. The summed E-state index contributed by atoms with van der Waals surface area (Å²) in [4.78, 5) is 21.1. The number of unbranched alkanes of at least 4 members (excludes halogenated alkanes) is 3. The van der Waals surface area contributed by atoms with Gasteiger partial charge in [0.2, 0.25) is 0 Å². The predicted molar refractivity (Wildman–Crippen MR) is 114 cm³/mol. The van der Waals surface area contributed by atoms with Crippen molar-refractivity contribution in [3.05, 3.63) is 59.4 Å². The second-order valence-corrected chi connectivity index (χ2v) is 7.59. The number of rotatable bonds is 11. The van der Waals surface area contributed by atoms with Crippen molar-refractivity contribution >= 4 is 17.2 Å². The minimum atomic E-state index is -0.0771. The van der Waals surface area contributed by atoms with Crippen molar-refractivity contribution in [3.63, 3.8) is 0 Å². The van der Waals surface area contributed by atoms with Gasteiger partial charge in [0, 0.05) is 24.2 Å². The van der Waals surface area contributed by atoms with Gasteiger partial charge in [-0.3, -0.25) is 4.79 Å². The van der Waals surface area contributed by atoms with Gasteiger partial charge < -0.3 is 15.0 Å². The second kappa shape index (κ2) is 10.7. The molecular weight excluding hydrogens is 370 g/mol. The molecule has 0 aliphatic rings. The molecule has 0 saturated heterocycles. The molecule has 0 atom stereocenters. The van der Waals surface area contributed by atoms with E-state index in [0.717, 1.165) is 35.0 Å². The molecule has 2 heterocycles. The molecule has 3 aromatic rings. The molecule has 148 valence electrons. The lowest BCUT2D eigenvalue weighted by Gasteiger charge is -2.08. The molecule has 0 unspecified atom stereocenters. The average Bonchev–Trinajstić information content (AvgIpc) is 3.40. The van der Waals surface area contributed by atoms with Gasteiger partial charge in [0.25, 0.3) is 5.91 Å². The van der Waals surface area contributed by atoms with E-state index in [0.29, 0.717) is 18.5 Å². The SMILES string of the molecule is CCCCCCOc1ccc(C(=O)NCCc2[nH]cnc2-c2cccs2)cc1. The molecule has 0 spiro atoms. The van der Waals surface area contributed by atoms with Crippen molar-refractivity contribution < 1.29 is 9.53 Å². The van der Waals surface area contributed by atoms with Crippen LogP contribution in [0, 0.1) is 0 Å². The Bertz CT molecular complexity index is 841. The van der Waals surface area contributed by atoms with Crippen LogP contribution >= 0.6 is 11.3 Å². The second-order valence-electron chi connectivity index (χ2n) is 6.65. The summed E-state index contributed by atoms with van der Waals surface area (Å²) >= 11 is 1.66. The highest BCUT2D eigenvalue weighted by molar-refractivity contribution is 7.13. The number of aromatic nitrogens is 2. The lowest BCUT2D eigenvalue weighted by molar-refractivity contribution is 0.0954. The summed E-state index contributed by atoms with van der Waals surface area (Å²) < 4.78 is 5.72. The van der Waals surface area contributed by atoms with Crippen LogP contribution in [-0.2, 0) is 6.42 Å². The maximum atomic E-state index is 12.4. The quantitative estimate of drug-likeness (QED) is 0.444. The summed E-state index contributed by atoms with van der Waals surface area (Å²) in [5, 5.41) is 5.01. The maximum absolute atomic E-state index is 12.4. The average molecular weight is 398 g/mol. The number of carbonyl (C=O) groups is 1. The van der Waals surface area contributed by atoms with Crippen LogP contribution in [0.2, 0.25) is 0 Å². The third kappa shape index (κ3) is 5.70. The number of imidazole rings is 1. The Hall–Kier alpha value is -2.60. The molecule has 0 bridgehead atoms. The van der Waals surface area contributed by atoms with Gasteiger partial charge >= 0.3 is 0 Å². The maximum Gasteiger partial charge on any atom is 0.251 e. The standard InChI is InChI=1S/C22H27N3O2S/c1-2-3-4-5-14-27-18-10-8-17(9-11-18)22(26)23-13-12-19-21(25-16-24-19)20-7-6-15-28-20/h6-11,15-16H,2-5,12-14H2,1H3,(H,23,26)(H,24,25). The normalized spacial score (nSPS) is 10.8. The van der Waals surface area contributed by atoms with Crippen LogP contribution in [0.25, 0.3) is 10.6 Å². The minimum Gasteiger partial charge on any atom is -0.494 e. The summed E-state index contributed by atoms with van der Waals surface area (Å²) in [7, 11) is 0. The molecule has 5 nitrogen and oxygen atoms in total. The van der Waals surface area contributed by atoms with Gasteiger partial charge in [0.15, 0.2) is 0 Å². The molecule has 6 heteroatoms. The van der Waals surface area contributed by atoms with Gasteiger partial charge in [-0.15, -0.1) is 11.3 Å². The molecule has 0 fully saturated rings. The van der Waals surface area contributed by atoms with E-state index in [4.69, 9.17) is 4.74 Å².